The zero-order chi connectivity index (χ0) is 19.1. The van der Waals surface area contributed by atoms with Gasteiger partial charge in [-0.05, 0) is 60.7 Å². The molecule has 1 saturated carbocycles. The van der Waals surface area contributed by atoms with Gasteiger partial charge in [-0.15, -0.1) is 0 Å². The normalized spacial score (nSPS) is 19.3. The van der Waals surface area contributed by atoms with Crippen molar-refractivity contribution in [3.05, 3.63) is 58.8 Å². The maximum atomic E-state index is 11.9. The van der Waals surface area contributed by atoms with Crippen molar-refractivity contribution in [2.24, 2.45) is 0 Å². The lowest BCUT2D eigenvalue weighted by molar-refractivity contribution is -0.384. The first-order valence-corrected chi connectivity index (χ1v) is 10.7. The second kappa shape index (κ2) is 9.61. The summed E-state index contributed by atoms with van der Waals surface area (Å²) in [4.78, 5) is 26.3. The fourth-order valence-electron chi connectivity index (χ4n) is 2.65. The Morgan fingerprint density at radius 2 is 1.85 bits per heavy atom. The van der Waals surface area contributed by atoms with Crippen molar-refractivity contribution in [3.63, 3.8) is 0 Å². The Balaban J connectivity index is 1.38. The summed E-state index contributed by atoms with van der Waals surface area (Å²) in [5.74, 6) is 0.224. The van der Waals surface area contributed by atoms with Crippen LogP contribution >= 0.6 is 21.6 Å². The van der Waals surface area contributed by atoms with Crippen LogP contribution in [-0.2, 0) is 4.74 Å². The average Bonchev–Trinajstić information content (AvgIpc) is 2.68. The van der Waals surface area contributed by atoms with E-state index < -0.39 is 11.1 Å². The summed E-state index contributed by atoms with van der Waals surface area (Å²) < 4.78 is 10.4. The highest BCUT2D eigenvalue weighted by Gasteiger charge is 2.25. The molecule has 0 saturated heterocycles. The zero-order valence-corrected chi connectivity index (χ0v) is 16.0. The van der Waals surface area contributed by atoms with Crippen molar-refractivity contribution in [1.82, 2.24) is 4.98 Å². The van der Waals surface area contributed by atoms with Crippen LogP contribution in [0.15, 0.2) is 53.7 Å². The molecule has 0 aliphatic heterocycles. The van der Waals surface area contributed by atoms with Crippen molar-refractivity contribution in [1.29, 1.82) is 0 Å². The van der Waals surface area contributed by atoms with Crippen molar-refractivity contribution >= 4 is 33.4 Å². The molecule has 1 aromatic carbocycles. The lowest BCUT2D eigenvalue weighted by Crippen LogP contribution is -2.26. The van der Waals surface area contributed by atoms with E-state index in [-0.39, 0.29) is 17.5 Å². The van der Waals surface area contributed by atoms with Gasteiger partial charge in [-0.2, -0.15) is 0 Å². The minimum atomic E-state index is -0.775. The van der Waals surface area contributed by atoms with Crippen LogP contribution in [0, 0.1) is 10.1 Å². The lowest BCUT2D eigenvalue weighted by atomic mass is 9.97. The third-order valence-corrected chi connectivity index (χ3v) is 6.91. The SMILES string of the molecule is O=C(Oc1ccc([N+](=O)[O-])cc1)OC1CCC(SSc2ccccn2)CC1. The van der Waals surface area contributed by atoms with E-state index in [0.29, 0.717) is 5.25 Å². The van der Waals surface area contributed by atoms with Gasteiger partial charge >= 0.3 is 6.16 Å². The minimum Gasteiger partial charge on any atom is -0.431 e. The number of benzene rings is 1. The predicted molar refractivity (Wildman–Crippen MR) is 104 cm³/mol. The van der Waals surface area contributed by atoms with E-state index in [2.05, 4.69) is 4.98 Å². The fourth-order valence-corrected chi connectivity index (χ4v) is 5.17. The van der Waals surface area contributed by atoms with Gasteiger partial charge in [0.25, 0.3) is 5.69 Å². The number of non-ortho nitro benzene ring substituents is 1. The molecule has 27 heavy (non-hydrogen) atoms. The third-order valence-electron chi connectivity index (χ3n) is 4.04. The van der Waals surface area contributed by atoms with Gasteiger partial charge in [0.1, 0.15) is 16.9 Å². The summed E-state index contributed by atoms with van der Waals surface area (Å²) >= 11 is 0. The Labute approximate surface area is 164 Å². The largest absolute Gasteiger partial charge is 0.514 e. The van der Waals surface area contributed by atoms with Gasteiger partial charge in [-0.3, -0.25) is 10.1 Å². The van der Waals surface area contributed by atoms with Crippen LogP contribution in [0.25, 0.3) is 0 Å². The Morgan fingerprint density at radius 1 is 1.11 bits per heavy atom. The van der Waals surface area contributed by atoms with E-state index in [1.54, 1.807) is 27.8 Å². The van der Waals surface area contributed by atoms with E-state index in [1.807, 2.05) is 18.2 Å². The molecule has 142 valence electrons. The smallest absolute Gasteiger partial charge is 0.431 e. The summed E-state index contributed by atoms with van der Waals surface area (Å²) in [6, 6.07) is 11.2. The maximum absolute atomic E-state index is 11.9. The molecule has 1 fully saturated rings. The van der Waals surface area contributed by atoms with Gasteiger partial charge in [0.2, 0.25) is 0 Å². The van der Waals surface area contributed by atoms with Gasteiger partial charge in [0, 0.05) is 23.6 Å². The van der Waals surface area contributed by atoms with Gasteiger partial charge in [0.05, 0.1) is 4.92 Å². The van der Waals surface area contributed by atoms with Crippen LogP contribution in [0.4, 0.5) is 10.5 Å². The number of carbonyl (C=O) groups excluding carboxylic acids is 1. The van der Waals surface area contributed by atoms with Crippen molar-refractivity contribution in [3.8, 4) is 5.75 Å². The average molecular weight is 406 g/mol. The van der Waals surface area contributed by atoms with E-state index >= 15 is 0 Å². The molecule has 0 unspecified atom stereocenters. The molecule has 0 N–H and O–H groups in total. The van der Waals surface area contributed by atoms with Crippen LogP contribution in [0.5, 0.6) is 5.75 Å². The first-order valence-electron chi connectivity index (χ1n) is 8.47. The lowest BCUT2D eigenvalue weighted by Gasteiger charge is -2.27. The van der Waals surface area contributed by atoms with E-state index in [0.717, 1.165) is 30.7 Å². The van der Waals surface area contributed by atoms with Crippen LogP contribution < -0.4 is 4.74 Å². The molecule has 3 rings (SSSR count). The summed E-state index contributed by atoms with van der Waals surface area (Å²) in [5, 5.41) is 12.1. The maximum Gasteiger partial charge on any atom is 0.514 e. The quantitative estimate of drug-likeness (QED) is 0.211. The van der Waals surface area contributed by atoms with Gasteiger partial charge in [-0.25, -0.2) is 9.78 Å². The first kappa shape index (κ1) is 19.5. The predicted octanol–water partition coefficient (Wildman–Crippen LogP) is 5.26. The highest BCUT2D eigenvalue weighted by molar-refractivity contribution is 8.76. The monoisotopic (exact) mass is 406 g/mol. The second-order valence-corrected chi connectivity index (χ2v) is 8.49. The summed E-state index contributed by atoms with van der Waals surface area (Å²) in [7, 11) is 3.48. The molecule has 0 spiro atoms. The van der Waals surface area contributed by atoms with Crippen molar-refractivity contribution in [2.45, 2.75) is 42.1 Å². The highest BCUT2D eigenvalue weighted by Crippen LogP contribution is 2.40. The molecule has 0 radical (unpaired) electrons. The number of nitro benzene ring substituents is 1. The first-order chi connectivity index (χ1) is 13.1. The molecule has 0 amide bonds. The number of nitro groups is 1. The molecule has 7 nitrogen and oxygen atoms in total. The third kappa shape index (κ3) is 6.14. The number of carbonyl (C=O) groups is 1. The summed E-state index contributed by atoms with van der Waals surface area (Å²) in [6.07, 6.45) is 4.34. The van der Waals surface area contributed by atoms with Crippen molar-refractivity contribution in [2.75, 3.05) is 0 Å². The number of ether oxygens (including phenoxy) is 2. The van der Waals surface area contributed by atoms with Crippen LogP contribution in [0.2, 0.25) is 0 Å². The Morgan fingerprint density at radius 3 is 2.48 bits per heavy atom. The molecule has 0 bridgehead atoms. The van der Waals surface area contributed by atoms with E-state index in [1.165, 1.54) is 24.3 Å². The van der Waals surface area contributed by atoms with Crippen LogP contribution in [0.3, 0.4) is 0 Å². The molecule has 0 atom stereocenters. The molecule has 1 aliphatic carbocycles. The molecule has 1 heterocycles. The molecule has 9 heteroatoms. The zero-order valence-electron chi connectivity index (χ0n) is 14.4. The highest BCUT2D eigenvalue weighted by atomic mass is 33.1. The van der Waals surface area contributed by atoms with Crippen molar-refractivity contribution < 1.29 is 19.2 Å². The number of rotatable bonds is 6. The molecular formula is C18H18N2O5S2. The molecular weight excluding hydrogens is 388 g/mol. The molecule has 1 aliphatic rings. The van der Waals surface area contributed by atoms with Gasteiger partial charge in [-0.1, -0.05) is 16.9 Å². The number of nitrogens with zero attached hydrogens (tertiary/aromatic N) is 2. The second-order valence-electron chi connectivity index (χ2n) is 5.97. The fraction of sp³-hybridized carbons (Fsp3) is 0.333. The number of pyridine rings is 1. The molecule has 2 aromatic rings. The minimum absolute atomic E-state index is 0.0601. The Hall–Kier alpha value is -2.26. The van der Waals surface area contributed by atoms with Crippen LogP contribution in [-0.4, -0.2) is 27.4 Å². The topological polar surface area (TPSA) is 91.6 Å². The van der Waals surface area contributed by atoms with E-state index in [4.69, 9.17) is 9.47 Å². The summed E-state index contributed by atoms with van der Waals surface area (Å²) in [6.45, 7) is 0. The Bertz CT molecular complexity index is 765. The van der Waals surface area contributed by atoms with Gasteiger partial charge in [0.15, 0.2) is 0 Å². The number of hydrogen-bond donors (Lipinski definition) is 0. The van der Waals surface area contributed by atoms with Crippen LogP contribution in [0.1, 0.15) is 25.7 Å². The van der Waals surface area contributed by atoms with Gasteiger partial charge < -0.3 is 9.47 Å². The number of aromatic nitrogens is 1. The van der Waals surface area contributed by atoms with E-state index in [9.17, 15) is 14.9 Å². The summed E-state index contributed by atoms with van der Waals surface area (Å²) in [5.41, 5.74) is -0.0601. The number of hydrogen-bond acceptors (Lipinski definition) is 8. The molecule has 1 aromatic heterocycles. The standard InChI is InChI=1S/C18H18N2O5S2/c21-18(24-14-6-4-13(5-7-14)20(22)23)25-15-8-10-16(11-9-15)26-27-17-3-1-2-12-19-17/h1-7,12,15-16H,8-11H2. The Kier molecular flexibility index (Phi) is 6.94.